The SMILES string of the molecule is Cc1c(N)noc1-c1ccc(F)cc1. The highest BCUT2D eigenvalue weighted by atomic mass is 19.1. The largest absolute Gasteiger partial charge is 0.381 e. The quantitative estimate of drug-likeness (QED) is 0.754. The van der Waals surface area contributed by atoms with E-state index in [-0.39, 0.29) is 5.82 Å². The average Bonchev–Trinajstić information content (AvgIpc) is 2.50. The predicted molar refractivity (Wildman–Crippen MR) is 51.0 cm³/mol. The van der Waals surface area contributed by atoms with Crippen LogP contribution >= 0.6 is 0 Å². The monoisotopic (exact) mass is 192 g/mol. The molecule has 14 heavy (non-hydrogen) atoms. The molecule has 2 N–H and O–H groups in total. The van der Waals surface area contributed by atoms with E-state index in [1.54, 1.807) is 12.1 Å². The molecule has 0 unspecified atom stereocenters. The van der Waals surface area contributed by atoms with Crippen molar-refractivity contribution in [2.24, 2.45) is 0 Å². The second-order valence-corrected chi connectivity index (χ2v) is 3.03. The lowest BCUT2D eigenvalue weighted by atomic mass is 10.1. The van der Waals surface area contributed by atoms with Crippen LogP contribution in [0.1, 0.15) is 5.56 Å². The molecule has 1 heterocycles. The number of rotatable bonds is 1. The van der Waals surface area contributed by atoms with Crippen LogP contribution in [0.2, 0.25) is 0 Å². The molecule has 0 aliphatic rings. The van der Waals surface area contributed by atoms with Gasteiger partial charge in [-0.1, -0.05) is 5.16 Å². The average molecular weight is 192 g/mol. The molecule has 0 fully saturated rings. The van der Waals surface area contributed by atoms with Crippen LogP contribution in [-0.2, 0) is 0 Å². The molecule has 2 aromatic rings. The zero-order valence-corrected chi connectivity index (χ0v) is 7.62. The third-order valence-electron chi connectivity index (χ3n) is 2.07. The first-order valence-electron chi connectivity index (χ1n) is 4.16. The molecule has 0 spiro atoms. The molecule has 0 atom stereocenters. The van der Waals surface area contributed by atoms with Crippen molar-refractivity contribution in [3.8, 4) is 11.3 Å². The van der Waals surface area contributed by atoms with Gasteiger partial charge in [0.05, 0.1) is 0 Å². The topological polar surface area (TPSA) is 52.0 Å². The van der Waals surface area contributed by atoms with Gasteiger partial charge in [-0.25, -0.2) is 4.39 Å². The molecule has 0 aliphatic carbocycles. The second kappa shape index (κ2) is 3.14. The number of aromatic nitrogens is 1. The van der Waals surface area contributed by atoms with Gasteiger partial charge in [0.15, 0.2) is 11.6 Å². The summed E-state index contributed by atoms with van der Waals surface area (Å²) in [4.78, 5) is 0. The number of nitrogens with zero attached hydrogens (tertiary/aromatic N) is 1. The number of anilines is 1. The number of hydrogen-bond acceptors (Lipinski definition) is 3. The highest BCUT2D eigenvalue weighted by Gasteiger charge is 2.10. The van der Waals surface area contributed by atoms with Gasteiger partial charge < -0.3 is 10.3 Å². The molecule has 1 aromatic heterocycles. The standard InChI is InChI=1S/C10H9FN2O/c1-6-9(14-13-10(6)12)7-2-4-8(11)5-3-7/h2-5H,1H3,(H2,12,13). The van der Waals surface area contributed by atoms with E-state index in [1.807, 2.05) is 6.92 Å². The van der Waals surface area contributed by atoms with E-state index in [4.69, 9.17) is 10.3 Å². The molecule has 0 amide bonds. The van der Waals surface area contributed by atoms with Crippen molar-refractivity contribution in [3.05, 3.63) is 35.6 Å². The minimum atomic E-state index is -0.279. The van der Waals surface area contributed by atoms with Gasteiger partial charge in [0.2, 0.25) is 0 Å². The molecule has 72 valence electrons. The molecule has 0 saturated carbocycles. The third kappa shape index (κ3) is 1.35. The second-order valence-electron chi connectivity index (χ2n) is 3.03. The molecule has 0 bridgehead atoms. The number of benzene rings is 1. The Bertz CT molecular complexity index is 448. The lowest BCUT2D eigenvalue weighted by Gasteiger charge is -1.96. The summed E-state index contributed by atoms with van der Waals surface area (Å²) < 4.78 is 17.7. The summed E-state index contributed by atoms with van der Waals surface area (Å²) >= 11 is 0. The van der Waals surface area contributed by atoms with E-state index in [0.29, 0.717) is 11.6 Å². The minimum Gasteiger partial charge on any atom is -0.381 e. The zero-order valence-electron chi connectivity index (χ0n) is 7.62. The van der Waals surface area contributed by atoms with Crippen LogP contribution in [-0.4, -0.2) is 5.16 Å². The Labute approximate surface area is 80.3 Å². The summed E-state index contributed by atoms with van der Waals surface area (Å²) in [5.41, 5.74) is 7.07. The lowest BCUT2D eigenvalue weighted by Crippen LogP contribution is -1.86. The van der Waals surface area contributed by atoms with Gasteiger partial charge in [-0.15, -0.1) is 0 Å². The van der Waals surface area contributed by atoms with Crippen LogP contribution in [0.4, 0.5) is 10.2 Å². The molecule has 3 nitrogen and oxygen atoms in total. The summed E-state index contributed by atoms with van der Waals surface area (Å²) in [5, 5.41) is 3.62. The van der Waals surface area contributed by atoms with Crippen LogP contribution < -0.4 is 5.73 Å². The van der Waals surface area contributed by atoms with Crippen molar-refractivity contribution in [1.29, 1.82) is 0 Å². The van der Waals surface area contributed by atoms with E-state index in [9.17, 15) is 4.39 Å². The van der Waals surface area contributed by atoms with Crippen molar-refractivity contribution >= 4 is 5.82 Å². The van der Waals surface area contributed by atoms with E-state index < -0.39 is 0 Å². The fourth-order valence-electron chi connectivity index (χ4n) is 1.22. The summed E-state index contributed by atoms with van der Waals surface area (Å²) in [6, 6.07) is 5.99. The lowest BCUT2D eigenvalue weighted by molar-refractivity contribution is 0.435. The molecule has 0 aliphatic heterocycles. The first-order valence-corrected chi connectivity index (χ1v) is 4.16. The maximum Gasteiger partial charge on any atom is 0.171 e. The van der Waals surface area contributed by atoms with Crippen molar-refractivity contribution < 1.29 is 8.91 Å². The molecule has 2 rings (SSSR count). The Morgan fingerprint density at radius 1 is 1.29 bits per heavy atom. The van der Waals surface area contributed by atoms with E-state index in [0.717, 1.165) is 11.1 Å². The maximum atomic E-state index is 12.6. The number of nitrogens with two attached hydrogens (primary N) is 1. The molecular weight excluding hydrogens is 183 g/mol. The Morgan fingerprint density at radius 3 is 2.43 bits per heavy atom. The van der Waals surface area contributed by atoms with Crippen LogP contribution in [0.5, 0.6) is 0 Å². The van der Waals surface area contributed by atoms with Gasteiger partial charge in [0, 0.05) is 11.1 Å². The Morgan fingerprint density at radius 2 is 1.93 bits per heavy atom. The minimum absolute atomic E-state index is 0.279. The molecule has 1 aromatic carbocycles. The fraction of sp³-hybridized carbons (Fsp3) is 0.100. The van der Waals surface area contributed by atoms with Gasteiger partial charge in [0.25, 0.3) is 0 Å². The smallest absolute Gasteiger partial charge is 0.171 e. The van der Waals surface area contributed by atoms with Crippen molar-refractivity contribution in [3.63, 3.8) is 0 Å². The summed E-state index contributed by atoms with van der Waals surface area (Å²) in [5.74, 6) is 0.672. The highest BCUT2D eigenvalue weighted by molar-refractivity contribution is 5.65. The molecule has 0 radical (unpaired) electrons. The molecular formula is C10H9FN2O. The van der Waals surface area contributed by atoms with Crippen molar-refractivity contribution in [2.75, 3.05) is 5.73 Å². The summed E-state index contributed by atoms with van der Waals surface area (Å²) in [7, 11) is 0. The van der Waals surface area contributed by atoms with Crippen LogP contribution in [0.15, 0.2) is 28.8 Å². The van der Waals surface area contributed by atoms with E-state index in [1.165, 1.54) is 12.1 Å². The van der Waals surface area contributed by atoms with Crippen LogP contribution in [0.25, 0.3) is 11.3 Å². The Hall–Kier alpha value is -1.84. The number of halogens is 1. The van der Waals surface area contributed by atoms with Gasteiger partial charge in [-0.3, -0.25) is 0 Å². The van der Waals surface area contributed by atoms with Gasteiger partial charge in [0.1, 0.15) is 5.82 Å². The molecule has 0 saturated heterocycles. The first-order chi connectivity index (χ1) is 6.68. The van der Waals surface area contributed by atoms with E-state index >= 15 is 0 Å². The molecule has 4 heteroatoms. The summed E-state index contributed by atoms with van der Waals surface area (Å²) in [6.45, 7) is 1.81. The van der Waals surface area contributed by atoms with Gasteiger partial charge in [-0.2, -0.15) is 0 Å². The van der Waals surface area contributed by atoms with Gasteiger partial charge >= 0.3 is 0 Å². The third-order valence-corrected chi connectivity index (χ3v) is 2.07. The first kappa shape index (κ1) is 8.74. The van der Waals surface area contributed by atoms with Crippen LogP contribution in [0.3, 0.4) is 0 Å². The maximum absolute atomic E-state index is 12.6. The van der Waals surface area contributed by atoms with Crippen molar-refractivity contribution in [1.82, 2.24) is 5.16 Å². The predicted octanol–water partition coefficient (Wildman–Crippen LogP) is 2.37. The van der Waals surface area contributed by atoms with Gasteiger partial charge in [-0.05, 0) is 31.2 Å². The normalized spacial score (nSPS) is 10.4. The number of hydrogen-bond donors (Lipinski definition) is 1. The van der Waals surface area contributed by atoms with E-state index in [2.05, 4.69) is 5.16 Å². The summed E-state index contributed by atoms with van der Waals surface area (Å²) in [6.07, 6.45) is 0. The fourth-order valence-corrected chi connectivity index (χ4v) is 1.22. The Balaban J connectivity index is 2.49. The Kier molecular flexibility index (Phi) is 1.96. The van der Waals surface area contributed by atoms with Crippen LogP contribution in [0, 0.1) is 12.7 Å². The highest BCUT2D eigenvalue weighted by Crippen LogP contribution is 2.26. The number of nitrogen functional groups attached to an aromatic ring is 1. The van der Waals surface area contributed by atoms with Crippen molar-refractivity contribution in [2.45, 2.75) is 6.92 Å². The zero-order chi connectivity index (χ0) is 10.1.